The number of nitrogens with one attached hydrogen (secondary N) is 1. The number of pyridine rings is 1. The Bertz CT molecular complexity index is 790. The number of fused-ring (bicyclic) bond motifs is 1. The molecule has 24 heavy (non-hydrogen) atoms. The summed E-state index contributed by atoms with van der Waals surface area (Å²) in [5, 5.41) is 13.3. The van der Waals surface area contributed by atoms with Gasteiger partial charge in [0, 0.05) is 50.5 Å². The number of carbonyl (C=O) groups is 2. The summed E-state index contributed by atoms with van der Waals surface area (Å²) < 4.78 is 0. The number of carbonyl (C=O) groups excluding carboxylic acids is 1. The van der Waals surface area contributed by atoms with Crippen LogP contribution in [0.2, 0.25) is 0 Å². The molecule has 0 spiro atoms. The van der Waals surface area contributed by atoms with E-state index in [2.05, 4.69) is 10.3 Å². The van der Waals surface area contributed by atoms with Crippen molar-refractivity contribution in [1.82, 2.24) is 14.8 Å². The van der Waals surface area contributed by atoms with Crippen LogP contribution in [0.1, 0.15) is 16.8 Å². The van der Waals surface area contributed by atoms with Crippen molar-refractivity contribution in [2.24, 2.45) is 0 Å². The molecule has 1 unspecified atom stereocenters. The number of benzene rings is 1. The van der Waals surface area contributed by atoms with Crippen molar-refractivity contribution < 1.29 is 14.7 Å². The number of hydrogen-bond donors (Lipinski definition) is 2. The molecule has 1 aromatic carbocycles. The summed E-state index contributed by atoms with van der Waals surface area (Å²) in [6.45, 7) is 0.982. The summed E-state index contributed by atoms with van der Waals surface area (Å²) in [5.41, 5.74) is 2.07. The molecular weight excluding hydrogens is 308 g/mol. The Labute approximate surface area is 139 Å². The van der Waals surface area contributed by atoms with Gasteiger partial charge in [-0.3, -0.25) is 9.78 Å². The third-order valence-electron chi connectivity index (χ3n) is 4.22. The number of rotatable bonds is 3. The van der Waals surface area contributed by atoms with Crippen molar-refractivity contribution in [3.8, 4) is 0 Å². The summed E-state index contributed by atoms with van der Waals surface area (Å²) in [6, 6.07) is 7.44. The van der Waals surface area contributed by atoms with Crippen LogP contribution in [0.15, 0.2) is 30.5 Å². The average Bonchev–Trinajstić information content (AvgIpc) is 3.03. The van der Waals surface area contributed by atoms with Crippen LogP contribution in [0.3, 0.4) is 0 Å². The van der Waals surface area contributed by atoms with E-state index in [-0.39, 0.29) is 11.9 Å². The predicted molar refractivity (Wildman–Crippen MR) is 91.4 cm³/mol. The molecule has 126 valence electrons. The fourth-order valence-electron chi connectivity index (χ4n) is 2.98. The average molecular weight is 328 g/mol. The van der Waals surface area contributed by atoms with Gasteiger partial charge in [0.15, 0.2) is 0 Å². The predicted octanol–water partition coefficient (Wildman–Crippen LogP) is 2.10. The highest BCUT2D eigenvalue weighted by Crippen LogP contribution is 2.27. The minimum absolute atomic E-state index is 0.0555. The molecule has 0 saturated carbocycles. The van der Waals surface area contributed by atoms with Crippen LogP contribution in [-0.2, 0) is 0 Å². The minimum atomic E-state index is -0.891. The van der Waals surface area contributed by atoms with Crippen molar-refractivity contribution in [3.63, 3.8) is 0 Å². The summed E-state index contributed by atoms with van der Waals surface area (Å²) in [7, 11) is 3.42. The highest BCUT2D eigenvalue weighted by Gasteiger charge is 2.26. The number of nitrogens with zero attached hydrogens (tertiary/aromatic N) is 3. The Balaban J connectivity index is 1.92. The zero-order valence-corrected chi connectivity index (χ0v) is 13.7. The van der Waals surface area contributed by atoms with Crippen LogP contribution >= 0.6 is 0 Å². The highest BCUT2D eigenvalue weighted by atomic mass is 16.4. The lowest BCUT2D eigenvalue weighted by Gasteiger charge is -2.18. The van der Waals surface area contributed by atoms with Crippen molar-refractivity contribution in [2.75, 3.05) is 32.5 Å². The summed E-state index contributed by atoms with van der Waals surface area (Å²) in [4.78, 5) is 30.7. The lowest BCUT2D eigenvalue weighted by molar-refractivity contribution is 0.0829. The molecule has 1 fully saturated rings. The second-order valence-corrected chi connectivity index (χ2v) is 6.12. The van der Waals surface area contributed by atoms with E-state index in [4.69, 9.17) is 5.11 Å². The molecule has 7 heteroatoms. The number of amides is 2. The number of aromatic nitrogens is 1. The van der Waals surface area contributed by atoms with Gasteiger partial charge in [-0.25, -0.2) is 4.79 Å². The van der Waals surface area contributed by atoms with Gasteiger partial charge in [0.1, 0.15) is 0 Å². The van der Waals surface area contributed by atoms with Gasteiger partial charge in [-0.15, -0.1) is 0 Å². The zero-order chi connectivity index (χ0) is 17.3. The van der Waals surface area contributed by atoms with Crippen molar-refractivity contribution in [3.05, 3.63) is 36.0 Å². The maximum atomic E-state index is 12.3. The van der Waals surface area contributed by atoms with E-state index in [0.29, 0.717) is 24.2 Å². The summed E-state index contributed by atoms with van der Waals surface area (Å²) >= 11 is 0. The summed E-state index contributed by atoms with van der Waals surface area (Å²) in [6.07, 6.45) is 1.53. The SMILES string of the molecule is CN(C)C(=O)c1ccc(NC2CCN(C(=O)O)C2)c2cccnc12. The molecule has 2 N–H and O–H groups in total. The third-order valence-corrected chi connectivity index (χ3v) is 4.22. The second-order valence-electron chi connectivity index (χ2n) is 6.12. The molecule has 3 rings (SSSR count). The van der Waals surface area contributed by atoms with Crippen LogP contribution in [0.25, 0.3) is 10.9 Å². The summed E-state index contributed by atoms with van der Waals surface area (Å²) in [5.74, 6) is -0.0943. The van der Waals surface area contributed by atoms with Crippen LogP contribution in [-0.4, -0.2) is 65.1 Å². The lowest BCUT2D eigenvalue weighted by Crippen LogP contribution is -2.30. The van der Waals surface area contributed by atoms with E-state index in [1.807, 2.05) is 18.2 Å². The molecule has 2 amide bonds. The standard InChI is InChI=1S/C17H20N4O3/c1-20(2)16(22)13-5-6-14(12-4-3-8-18-15(12)13)19-11-7-9-21(10-11)17(23)24/h3-6,8,11,19H,7,9-10H2,1-2H3,(H,23,24). The van der Waals surface area contributed by atoms with Gasteiger partial charge < -0.3 is 20.2 Å². The second kappa shape index (κ2) is 6.35. The van der Waals surface area contributed by atoms with Crippen LogP contribution in [0.5, 0.6) is 0 Å². The van der Waals surface area contributed by atoms with Gasteiger partial charge in [0.05, 0.1) is 11.1 Å². The van der Waals surface area contributed by atoms with E-state index in [0.717, 1.165) is 17.5 Å². The monoisotopic (exact) mass is 328 g/mol. The first-order chi connectivity index (χ1) is 11.5. The lowest BCUT2D eigenvalue weighted by atomic mass is 10.1. The maximum Gasteiger partial charge on any atom is 0.407 e. The molecule has 0 radical (unpaired) electrons. The Kier molecular flexibility index (Phi) is 4.24. The van der Waals surface area contributed by atoms with E-state index in [9.17, 15) is 9.59 Å². The Hall–Kier alpha value is -2.83. The van der Waals surface area contributed by atoms with E-state index in [1.54, 1.807) is 26.4 Å². The van der Waals surface area contributed by atoms with Gasteiger partial charge >= 0.3 is 6.09 Å². The van der Waals surface area contributed by atoms with Gasteiger partial charge in [-0.1, -0.05) is 0 Å². The highest BCUT2D eigenvalue weighted by molar-refractivity contribution is 6.08. The molecule has 2 aromatic rings. The van der Waals surface area contributed by atoms with Crippen molar-refractivity contribution in [2.45, 2.75) is 12.5 Å². The van der Waals surface area contributed by atoms with Crippen molar-refractivity contribution >= 4 is 28.6 Å². The molecule has 2 heterocycles. The van der Waals surface area contributed by atoms with Gasteiger partial charge in [-0.2, -0.15) is 0 Å². The molecule has 1 aliphatic heterocycles. The van der Waals surface area contributed by atoms with Gasteiger partial charge in [-0.05, 0) is 30.7 Å². The normalized spacial score (nSPS) is 17.1. The molecule has 0 bridgehead atoms. The smallest absolute Gasteiger partial charge is 0.407 e. The van der Waals surface area contributed by atoms with Crippen molar-refractivity contribution in [1.29, 1.82) is 0 Å². The van der Waals surface area contributed by atoms with E-state index >= 15 is 0 Å². The maximum absolute atomic E-state index is 12.3. The first-order valence-corrected chi connectivity index (χ1v) is 7.81. The van der Waals surface area contributed by atoms with Gasteiger partial charge in [0.2, 0.25) is 0 Å². The molecule has 1 saturated heterocycles. The fraction of sp³-hybridized carbons (Fsp3) is 0.353. The quantitative estimate of drug-likeness (QED) is 0.901. The Morgan fingerprint density at radius 1 is 1.33 bits per heavy atom. The van der Waals surface area contributed by atoms with Gasteiger partial charge in [0.25, 0.3) is 5.91 Å². The first kappa shape index (κ1) is 16.0. The molecule has 1 aliphatic rings. The number of hydrogen-bond acceptors (Lipinski definition) is 4. The number of anilines is 1. The largest absolute Gasteiger partial charge is 0.465 e. The Morgan fingerprint density at radius 3 is 2.79 bits per heavy atom. The number of likely N-dealkylation sites (tertiary alicyclic amines) is 1. The fourth-order valence-corrected chi connectivity index (χ4v) is 2.98. The molecular formula is C17H20N4O3. The van der Waals surface area contributed by atoms with E-state index in [1.165, 1.54) is 9.80 Å². The molecule has 0 aliphatic carbocycles. The third kappa shape index (κ3) is 2.97. The molecule has 7 nitrogen and oxygen atoms in total. The first-order valence-electron chi connectivity index (χ1n) is 7.81. The van der Waals surface area contributed by atoms with E-state index < -0.39 is 6.09 Å². The van der Waals surface area contributed by atoms with Crippen LogP contribution < -0.4 is 5.32 Å². The minimum Gasteiger partial charge on any atom is -0.465 e. The molecule has 1 atom stereocenters. The zero-order valence-electron chi connectivity index (χ0n) is 13.7. The topological polar surface area (TPSA) is 85.8 Å². The van der Waals surface area contributed by atoms with Crippen LogP contribution in [0, 0.1) is 0 Å². The number of carboxylic acid groups (broad SMARTS) is 1. The molecule has 1 aromatic heterocycles. The Morgan fingerprint density at radius 2 is 2.12 bits per heavy atom. The van der Waals surface area contributed by atoms with Crippen LogP contribution in [0.4, 0.5) is 10.5 Å².